The van der Waals surface area contributed by atoms with Gasteiger partial charge < -0.3 is 9.16 Å². The van der Waals surface area contributed by atoms with Gasteiger partial charge in [-0.3, -0.25) is 0 Å². The Labute approximate surface area is 107 Å². The quantitative estimate of drug-likeness (QED) is 0.562. The van der Waals surface area contributed by atoms with Gasteiger partial charge in [0, 0.05) is 0 Å². The first-order valence-corrected chi connectivity index (χ1v) is 9.03. The Morgan fingerprint density at radius 1 is 1.06 bits per heavy atom. The van der Waals surface area contributed by atoms with Crippen LogP contribution in [0.15, 0.2) is 0 Å². The van der Waals surface area contributed by atoms with Crippen LogP contribution in [0.5, 0.6) is 0 Å². The number of ether oxygens (including phenoxy) is 1. The standard InChI is InChI=1S/C12H26O2SSi/c1-11(2,3)14-10(15)9-13-16(7,8)12(4,5)6/h9H2,1-8H3. The molecule has 0 aromatic carbocycles. The van der Waals surface area contributed by atoms with Crippen LogP contribution in [-0.2, 0) is 9.16 Å². The van der Waals surface area contributed by atoms with Crippen LogP contribution < -0.4 is 0 Å². The van der Waals surface area contributed by atoms with Crippen LogP contribution >= 0.6 is 12.2 Å². The summed E-state index contributed by atoms with van der Waals surface area (Å²) in [6.45, 7) is 17.5. The lowest BCUT2D eigenvalue weighted by Gasteiger charge is -2.36. The van der Waals surface area contributed by atoms with Crippen molar-refractivity contribution in [3.8, 4) is 0 Å². The Hall–Kier alpha value is 0.0669. The maximum Gasteiger partial charge on any atom is 0.192 e. The number of rotatable bonds is 3. The minimum absolute atomic E-state index is 0.213. The molecule has 0 spiro atoms. The van der Waals surface area contributed by atoms with E-state index in [2.05, 4.69) is 33.9 Å². The lowest BCUT2D eigenvalue weighted by Crippen LogP contribution is -2.42. The average Bonchev–Trinajstić information content (AvgIpc) is 1.95. The molecule has 0 aromatic rings. The van der Waals surface area contributed by atoms with E-state index in [0.29, 0.717) is 11.7 Å². The van der Waals surface area contributed by atoms with E-state index >= 15 is 0 Å². The Balaban J connectivity index is 4.22. The van der Waals surface area contributed by atoms with Crippen LogP contribution in [-0.4, -0.2) is 25.6 Å². The van der Waals surface area contributed by atoms with Crippen molar-refractivity contribution >= 4 is 25.6 Å². The van der Waals surface area contributed by atoms with E-state index in [-0.39, 0.29) is 10.6 Å². The Morgan fingerprint density at radius 3 is 1.81 bits per heavy atom. The zero-order chi connectivity index (χ0) is 13.2. The molecule has 0 unspecified atom stereocenters. The molecule has 96 valence electrons. The highest BCUT2D eigenvalue weighted by Crippen LogP contribution is 2.36. The third-order valence-electron chi connectivity index (χ3n) is 2.78. The van der Waals surface area contributed by atoms with E-state index in [1.54, 1.807) is 0 Å². The van der Waals surface area contributed by atoms with Gasteiger partial charge in [0.05, 0.1) is 0 Å². The van der Waals surface area contributed by atoms with Crippen molar-refractivity contribution in [3.63, 3.8) is 0 Å². The third kappa shape index (κ3) is 5.96. The van der Waals surface area contributed by atoms with Crippen LogP contribution in [0.25, 0.3) is 0 Å². The van der Waals surface area contributed by atoms with Crippen molar-refractivity contribution in [3.05, 3.63) is 0 Å². The topological polar surface area (TPSA) is 18.5 Å². The summed E-state index contributed by atoms with van der Waals surface area (Å²) in [5.74, 6) is 0. The molecule has 0 amide bonds. The first-order valence-electron chi connectivity index (χ1n) is 5.71. The van der Waals surface area contributed by atoms with Crippen molar-refractivity contribution in [2.24, 2.45) is 0 Å². The normalized spacial score (nSPS) is 13.8. The molecule has 0 rings (SSSR count). The monoisotopic (exact) mass is 262 g/mol. The second kappa shape index (κ2) is 5.15. The van der Waals surface area contributed by atoms with Crippen molar-refractivity contribution in [2.75, 3.05) is 6.61 Å². The zero-order valence-corrected chi connectivity index (χ0v) is 13.7. The predicted octanol–water partition coefficient (Wildman–Crippen LogP) is 4.15. The van der Waals surface area contributed by atoms with Crippen molar-refractivity contribution < 1.29 is 9.16 Å². The summed E-state index contributed by atoms with van der Waals surface area (Å²) in [6, 6.07) is 0. The van der Waals surface area contributed by atoms with Crippen LogP contribution in [0.1, 0.15) is 41.5 Å². The minimum atomic E-state index is -1.71. The van der Waals surface area contributed by atoms with Gasteiger partial charge in [-0.2, -0.15) is 0 Å². The van der Waals surface area contributed by atoms with E-state index in [9.17, 15) is 0 Å². The fraction of sp³-hybridized carbons (Fsp3) is 0.917. The molecule has 2 nitrogen and oxygen atoms in total. The molecule has 0 heterocycles. The highest BCUT2D eigenvalue weighted by Gasteiger charge is 2.37. The molecule has 0 bridgehead atoms. The SMILES string of the molecule is CC(C)(C)OC(=S)CO[Si](C)(C)C(C)(C)C. The third-order valence-corrected chi connectivity index (χ3v) is 7.46. The summed E-state index contributed by atoms with van der Waals surface area (Å²) in [5, 5.41) is 0.766. The molecule has 0 radical (unpaired) electrons. The van der Waals surface area contributed by atoms with E-state index in [1.807, 2.05) is 20.8 Å². The summed E-state index contributed by atoms with van der Waals surface area (Å²) in [5.41, 5.74) is -0.228. The molecular weight excluding hydrogens is 236 g/mol. The molecule has 4 heteroatoms. The maximum atomic E-state index is 5.97. The molecule has 0 atom stereocenters. The van der Waals surface area contributed by atoms with Gasteiger partial charge in [0.1, 0.15) is 12.2 Å². The van der Waals surface area contributed by atoms with Crippen LogP contribution in [0, 0.1) is 0 Å². The Kier molecular flexibility index (Phi) is 5.17. The second-order valence-electron chi connectivity index (χ2n) is 6.64. The first kappa shape index (κ1) is 16.1. The van der Waals surface area contributed by atoms with Gasteiger partial charge in [-0.1, -0.05) is 20.8 Å². The summed E-state index contributed by atoms with van der Waals surface area (Å²) in [6.07, 6.45) is 0. The van der Waals surface area contributed by atoms with E-state index < -0.39 is 8.32 Å². The molecule has 16 heavy (non-hydrogen) atoms. The molecule has 0 aliphatic carbocycles. The van der Waals surface area contributed by atoms with Crippen LogP contribution in [0.4, 0.5) is 0 Å². The first-order chi connectivity index (χ1) is 6.85. The molecule has 0 aromatic heterocycles. The van der Waals surface area contributed by atoms with Gasteiger partial charge in [0.25, 0.3) is 0 Å². The van der Waals surface area contributed by atoms with Crippen molar-refractivity contribution in [1.82, 2.24) is 0 Å². The van der Waals surface area contributed by atoms with Gasteiger partial charge in [0.15, 0.2) is 13.4 Å². The summed E-state index contributed by atoms with van der Waals surface area (Å²) >= 11 is 5.17. The van der Waals surface area contributed by atoms with Crippen LogP contribution in [0.3, 0.4) is 0 Å². The summed E-state index contributed by atoms with van der Waals surface area (Å²) in [7, 11) is -1.71. The summed E-state index contributed by atoms with van der Waals surface area (Å²) < 4.78 is 11.5. The van der Waals surface area contributed by atoms with Gasteiger partial charge in [-0.15, -0.1) is 0 Å². The number of hydrogen-bond acceptors (Lipinski definition) is 3. The largest absolute Gasteiger partial charge is 0.479 e. The van der Waals surface area contributed by atoms with Crippen LogP contribution in [0.2, 0.25) is 18.1 Å². The lowest BCUT2D eigenvalue weighted by molar-refractivity contribution is 0.109. The Bertz CT molecular complexity index is 249. The molecule has 0 N–H and O–H groups in total. The lowest BCUT2D eigenvalue weighted by atomic mass is 10.2. The number of thiocarbonyl (C=S) groups is 1. The highest BCUT2D eigenvalue weighted by molar-refractivity contribution is 7.80. The highest BCUT2D eigenvalue weighted by atomic mass is 32.1. The maximum absolute atomic E-state index is 5.97. The van der Waals surface area contributed by atoms with Gasteiger partial charge in [-0.25, -0.2) is 0 Å². The van der Waals surface area contributed by atoms with E-state index in [4.69, 9.17) is 21.4 Å². The van der Waals surface area contributed by atoms with Crippen molar-refractivity contribution in [1.29, 1.82) is 0 Å². The summed E-state index contributed by atoms with van der Waals surface area (Å²) in [4.78, 5) is 0. The van der Waals surface area contributed by atoms with Gasteiger partial charge in [-0.05, 0) is 51.1 Å². The Morgan fingerprint density at radius 2 is 1.50 bits per heavy atom. The smallest absolute Gasteiger partial charge is 0.192 e. The minimum Gasteiger partial charge on any atom is -0.479 e. The second-order valence-corrected chi connectivity index (χ2v) is 11.9. The number of hydrogen-bond donors (Lipinski definition) is 0. The fourth-order valence-corrected chi connectivity index (χ4v) is 2.17. The molecule has 0 aliphatic heterocycles. The zero-order valence-electron chi connectivity index (χ0n) is 11.9. The van der Waals surface area contributed by atoms with Crippen molar-refractivity contribution in [2.45, 2.75) is 65.3 Å². The van der Waals surface area contributed by atoms with Gasteiger partial charge >= 0.3 is 0 Å². The molecule has 0 saturated carbocycles. The average molecular weight is 262 g/mol. The molecule has 0 aliphatic rings. The van der Waals surface area contributed by atoms with E-state index in [0.717, 1.165) is 0 Å². The fourth-order valence-electron chi connectivity index (χ4n) is 0.827. The molecular formula is C12H26O2SSi. The van der Waals surface area contributed by atoms with E-state index in [1.165, 1.54) is 0 Å². The molecule has 0 saturated heterocycles. The molecule has 0 fully saturated rings. The van der Waals surface area contributed by atoms with Gasteiger partial charge in [0.2, 0.25) is 0 Å². The predicted molar refractivity (Wildman–Crippen MR) is 76.6 cm³/mol.